The standard InChI is InChI=1S/C24H23Cl2N3O3/c25-18-8-11-22(21(26)13-18)27-24(31)29(19-9-10-19)16-23(30)28(15-20-7-4-12-32-20)14-17-5-2-1-3-6-17/h1-8,11-13,19H,9-10,14-16H2,(H,27,31). The number of furan rings is 1. The summed E-state index contributed by atoms with van der Waals surface area (Å²) in [5, 5.41) is 3.63. The number of nitrogens with one attached hydrogen (secondary N) is 1. The van der Waals surface area contributed by atoms with Gasteiger partial charge in [-0.05, 0) is 48.7 Å². The summed E-state index contributed by atoms with van der Waals surface area (Å²) in [4.78, 5) is 29.6. The molecule has 1 aliphatic rings. The Bertz CT molecular complexity index is 1070. The minimum Gasteiger partial charge on any atom is -0.467 e. The molecule has 0 atom stereocenters. The van der Waals surface area contributed by atoms with Crippen LogP contribution in [-0.4, -0.2) is 34.3 Å². The molecule has 3 aromatic rings. The second kappa shape index (κ2) is 10.1. The van der Waals surface area contributed by atoms with Crippen molar-refractivity contribution in [2.75, 3.05) is 11.9 Å². The first-order valence-electron chi connectivity index (χ1n) is 10.4. The minimum absolute atomic E-state index is 0.0325. The van der Waals surface area contributed by atoms with E-state index in [1.807, 2.05) is 36.4 Å². The van der Waals surface area contributed by atoms with E-state index in [0.717, 1.165) is 18.4 Å². The van der Waals surface area contributed by atoms with Crippen LogP contribution in [0.5, 0.6) is 0 Å². The van der Waals surface area contributed by atoms with Gasteiger partial charge < -0.3 is 19.5 Å². The lowest BCUT2D eigenvalue weighted by Gasteiger charge is -2.27. The second-order valence-corrected chi connectivity index (χ2v) is 8.57. The number of halogens is 2. The molecule has 1 saturated carbocycles. The Balaban J connectivity index is 1.48. The summed E-state index contributed by atoms with van der Waals surface area (Å²) in [6.45, 7) is 0.711. The molecule has 0 spiro atoms. The Labute approximate surface area is 196 Å². The monoisotopic (exact) mass is 471 g/mol. The van der Waals surface area contributed by atoms with Gasteiger partial charge in [-0.3, -0.25) is 4.79 Å². The Kier molecular flexibility index (Phi) is 7.02. The Morgan fingerprint density at radius 1 is 1.00 bits per heavy atom. The summed E-state index contributed by atoms with van der Waals surface area (Å²) in [6, 6.07) is 17.9. The number of anilines is 1. The molecule has 166 valence electrons. The van der Waals surface area contributed by atoms with Crippen LogP contribution in [0.1, 0.15) is 24.2 Å². The Hall–Kier alpha value is -2.96. The van der Waals surface area contributed by atoms with Crippen LogP contribution >= 0.6 is 23.2 Å². The van der Waals surface area contributed by atoms with Crippen molar-refractivity contribution in [1.82, 2.24) is 9.80 Å². The first kappa shape index (κ1) is 22.2. The summed E-state index contributed by atoms with van der Waals surface area (Å²) >= 11 is 12.1. The predicted molar refractivity (Wildman–Crippen MR) is 125 cm³/mol. The van der Waals surface area contributed by atoms with Crippen molar-refractivity contribution < 1.29 is 14.0 Å². The summed E-state index contributed by atoms with van der Waals surface area (Å²) < 4.78 is 5.45. The average Bonchev–Trinajstić information content (AvgIpc) is 3.49. The number of rotatable bonds is 8. The molecule has 2 aromatic carbocycles. The number of benzene rings is 2. The maximum absolute atomic E-state index is 13.3. The van der Waals surface area contributed by atoms with Crippen LogP contribution in [-0.2, 0) is 17.9 Å². The summed E-state index contributed by atoms with van der Waals surface area (Å²) in [7, 11) is 0. The van der Waals surface area contributed by atoms with Gasteiger partial charge in [0.05, 0.1) is 23.5 Å². The SMILES string of the molecule is O=C(CN(C(=O)Nc1ccc(Cl)cc1Cl)C1CC1)N(Cc1ccccc1)Cc1ccco1. The fourth-order valence-electron chi connectivity index (χ4n) is 3.40. The number of urea groups is 1. The minimum atomic E-state index is -0.359. The molecule has 0 bridgehead atoms. The van der Waals surface area contributed by atoms with Crippen LogP contribution < -0.4 is 5.32 Å². The molecule has 0 saturated heterocycles. The lowest BCUT2D eigenvalue weighted by molar-refractivity contribution is -0.133. The highest BCUT2D eigenvalue weighted by molar-refractivity contribution is 6.36. The third kappa shape index (κ3) is 5.84. The van der Waals surface area contributed by atoms with Crippen molar-refractivity contribution in [3.63, 3.8) is 0 Å². The van der Waals surface area contributed by atoms with Gasteiger partial charge in [0, 0.05) is 17.6 Å². The Morgan fingerprint density at radius 3 is 2.44 bits per heavy atom. The van der Waals surface area contributed by atoms with E-state index in [1.54, 1.807) is 40.3 Å². The lowest BCUT2D eigenvalue weighted by Crippen LogP contribution is -2.45. The summed E-state index contributed by atoms with van der Waals surface area (Å²) in [5.74, 6) is 0.527. The van der Waals surface area contributed by atoms with E-state index in [2.05, 4.69) is 5.32 Å². The molecule has 0 radical (unpaired) electrons. The zero-order valence-electron chi connectivity index (χ0n) is 17.3. The van der Waals surface area contributed by atoms with E-state index >= 15 is 0 Å². The van der Waals surface area contributed by atoms with E-state index < -0.39 is 0 Å². The average molecular weight is 472 g/mol. The maximum atomic E-state index is 13.3. The molecule has 1 aliphatic carbocycles. The second-order valence-electron chi connectivity index (χ2n) is 7.73. The van der Waals surface area contributed by atoms with Gasteiger partial charge in [-0.15, -0.1) is 0 Å². The van der Waals surface area contributed by atoms with Gasteiger partial charge in [-0.1, -0.05) is 53.5 Å². The fraction of sp³-hybridized carbons (Fsp3) is 0.250. The smallest absolute Gasteiger partial charge is 0.322 e. The number of carbonyl (C=O) groups excluding carboxylic acids is 2. The molecule has 1 heterocycles. The number of amides is 3. The van der Waals surface area contributed by atoms with Crippen molar-refractivity contribution in [2.24, 2.45) is 0 Å². The van der Waals surface area contributed by atoms with Gasteiger partial charge in [0.15, 0.2) is 0 Å². The first-order valence-corrected chi connectivity index (χ1v) is 11.1. The third-order valence-electron chi connectivity index (χ3n) is 5.22. The number of hydrogen-bond donors (Lipinski definition) is 1. The molecule has 1 N–H and O–H groups in total. The van der Waals surface area contributed by atoms with Crippen molar-refractivity contribution >= 4 is 40.8 Å². The van der Waals surface area contributed by atoms with Gasteiger partial charge in [-0.2, -0.15) is 0 Å². The van der Waals surface area contributed by atoms with Gasteiger partial charge in [0.25, 0.3) is 0 Å². The van der Waals surface area contributed by atoms with E-state index in [0.29, 0.717) is 34.6 Å². The van der Waals surface area contributed by atoms with Gasteiger partial charge in [0.2, 0.25) is 5.91 Å². The van der Waals surface area contributed by atoms with Crippen molar-refractivity contribution in [3.8, 4) is 0 Å². The maximum Gasteiger partial charge on any atom is 0.322 e. The van der Waals surface area contributed by atoms with Crippen LogP contribution in [0.25, 0.3) is 0 Å². The highest BCUT2D eigenvalue weighted by Gasteiger charge is 2.35. The van der Waals surface area contributed by atoms with Crippen molar-refractivity contribution in [3.05, 3.63) is 88.3 Å². The Morgan fingerprint density at radius 2 is 1.78 bits per heavy atom. The van der Waals surface area contributed by atoms with Crippen LogP contribution in [0.15, 0.2) is 71.3 Å². The van der Waals surface area contributed by atoms with E-state index in [-0.39, 0.29) is 24.5 Å². The molecular weight excluding hydrogens is 449 g/mol. The number of hydrogen-bond acceptors (Lipinski definition) is 3. The van der Waals surface area contributed by atoms with E-state index in [4.69, 9.17) is 27.6 Å². The molecule has 3 amide bonds. The van der Waals surface area contributed by atoms with Crippen LogP contribution in [0.4, 0.5) is 10.5 Å². The van der Waals surface area contributed by atoms with E-state index in [1.165, 1.54) is 0 Å². The first-order chi connectivity index (χ1) is 15.5. The third-order valence-corrected chi connectivity index (χ3v) is 5.77. The molecule has 32 heavy (non-hydrogen) atoms. The van der Waals surface area contributed by atoms with Crippen LogP contribution in [0.2, 0.25) is 10.0 Å². The zero-order valence-corrected chi connectivity index (χ0v) is 18.9. The zero-order chi connectivity index (χ0) is 22.5. The van der Waals surface area contributed by atoms with Crippen LogP contribution in [0, 0.1) is 0 Å². The molecule has 4 rings (SSSR count). The number of nitrogens with zero attached hydrogens (tertiary/aromatic N) is 2. The molecule has 0 unspecified atom stereocenters. The van der Waals surface area contributed by atoms with E-state index in [9.17, 15) is 9.59 Å². The van der Waals surface area contributed by atoms with Crippen LogP contribution in [0.3, 0.4) is 0 Å². The quantitative estimate of drug-likeness (QED) is 0.450. The van der Waals surface area contributed by atoms with Crippen molar-refractivity contribution in [2.45, 2.75) is 32.0 Å². The molecule has 0 aliphatic heterocycles. The van der Waals surface area contributed by atoms with Crippen molar-refractivity contribution in [1.29, 1.82) is 0 Å². The fourth-order valence-corrected chi connectivity index (χ4v) is 3.86. The van der Waals surface area contributed by atoms with Gasteiger partial charge in [-0.25, -0.2) is 4.79 Å². The molecule has 1 fully saturated rings. The predicted octanol–water partition coefficient (Wildman–Crippen LogP) is 5.81. The normalized spacial score (nSPS) is 12.9. The number of carbonyl (C=O) groups is 2. The van der Waals surface area contributed by atoms with Gasteiger partial charge in [0.1, 0.15) is 12.3 Å². The molecular formula is C24H23Cl2N3O3. The lowest BCUT2D eigenvalue weighted by atomic mass is 10.2. The highest BCUT2D eigenvalue weighted by atomic mass is 35.5. The summed E-state index contributed by atoms with van der Waals surface area (Å²) in [5.41, 5.74) is 1.46. The topological polar surface area (TPSA) is 65.8 Å². The molecule has 6 nitrogen and oxygen atoms in total. The van der Waals surface area contributed by atoms with Gasteiger partial charge >= 0.3 is 6.03 Å². The summed E-state index contributed by atoms with van der Waals surface area (Å²) in [6.07, 6.45) is 3.32. The highest BCUT2D eigenvalue weighted by Crippen LogP contribution is 2.30. The molecule has 8 heteroatoms. The largest absolute Gasteiger partial charge is 0.467 e. The molecule has 1 aromatic heterocycles.